The van der Waals surface area contributed by atoms with Crippen LogP contribution < -0.4 is 9.80 Å². The molecule has 77 heavy (non-hydrogen) atoms. The zero-order valence-electron chi connectivity index (χ0n) is 43.0. The molecule has 0 spiro atoms. The highest BCUT2D eigenvalue weighted by Crippen LogP contribution is 2.57. The third-order valence-corrected chi connectivity index (χ3v) is 17.7. The number of fused-ring (bicyclic) bond motifs is 20. The van der Waals surface area contributed by atoms with Crippen LogP contribution in [0.4, 0.5) is 34.1 Å². The van der Waals surface area contributed by atoms with Crippen LogP contribution in [0.2, 0.25) is 0 Å². The lowest BCUT2D eigenvalue weighted by Crippen LogP contribution is -2.16. The van der Waals surface area contributed by atoms with Gasteiger partial charge in [-0.25, -0.2) is 0 Å². The van der Waals surface area contributed by atoms with Crippen molar-refractivity contribution in [1.29, 1.82) is 0 Å². The quantitative estimate of drug-likeness (QED) is 0.166. The summed E-state index contributed by atoms with van der Waals surface area (Å²) in [5, 5.41) is 8.74. The van der Waals surface area contributed by atoms with Crippen LogP contribution in [0, 0.1) is 0 Å². The third-order valence-electron chi connectivity index (χ3n) is 17.7. The van der Waals surface area contributed by atoms with Crippen LogP contribution in [-0.2, 0) is 10.8 Å². The number of hydrogen-bond donors (Lipinski definition) is 0. The Morgan fingerprint density at radius 1 is 0.312 bits per heavy atom. The molecule has 15 aromatic rings. The van der Waals surface area contributed by atoms with E-state index in [1.54, 1.807) is 0 Å². The number of anilines is 6. The minimum absolute atomic E-state index is 0.190. The van der Waals surface area contributed by atoms with Gasteiger partial charge >= 0.3 is 0 Å². The molecule has 0 aliphatic heterocycles. The summed E-state index contributed by atoms with van der Waals surface area (Å²) in [4.78, 5) is 4.97. The predicted molar refractivity (Wildman–Crippen MR) is 320 cm³/mol. The van der Waals surface area contributed by atoms with Gasteiger partial charge in [0.2, 0.25) is 0 Å². The molecule has 2 aliphatic rings. The molecule has 4 heterocycles. The van der Waals surface area contributed by atoms with E-state index in [9.17, 15) is 0 Å². The summed E-state index contributed by atoms with van der Waals surface area (Å²) in [6.45, 7) is 9.46. The number of benzene rings is 11. The molecule has 5 heteroatoms. The monoisotopic (exact) mass is 987 g/mol. The van der Waals surface area contributed by atoms with E-state index >= 15 is 0 Å². The molecule has 0 saturated heterocycles. The highest BCUT2D eigenvalue weighted by Gasteiger charge is 2.39. The van der Waals surface area contributed by atoms with Gasteiger partial charge in [-0.2, -0.15) is 0 Å². The predicted octanol–water partition coefficient (Wildman–Crippen LogP) is 20.2. The van der Waals surface area contributed by atoms with Crippen molar-refractivity contribution in [3.63, 3.8) is 0 Å². The first kappa shape index (κ1) is 42.7. The lowest BCUT2D eigenvalue weighted by Gasteiger charge is -2.29. The van der Waals surface area contributed by atoms with E-state index in [1.165, 1.54) is 44.5 Å². The molecule has 0 atom stereocenters. The molecule has 2 aliphatic carbocycles. The van der Waals surface area contributed by atoms with Crippen LogP contribution in [-0.4, -0.2) is 4.40 Å². The topological polar surface area (TPSA) is 37.2 Å². The summed E-state index contributed by atoms with van der Waals surface area (Å²) in [6.07, 6.45) is 0. The molecule has 0 bridgehead atoms. The van der Waals surface area contributed by atoms with Crippen molar-refractivity contribution in [2.45, 2.75) is 38.5 Å². The average Bonchev–Trinajstić information content (AvgIpc) is 4.48. The standard InChI is InChI=1S/C72H49N3O2/c1-71(2)56-30-15-11-24-46(56)48-36-34-44(38-58(48)71)73(42-20-7-5-8-21-42)60-40-54-50-26-13-17-32-62(50)76-69(54)67-64(60)52-28-19-29-53-65-61(41-55-51-27-14-18-33-63(51)77-70(55)68(65)75(67)66(52)53)74(43-22-9-6-10-23-43)45-35-37-49-47-25-12-16-31-57(47)72(3,4)59(49)39-45/h5-41H,1-4H3. The number of hydrogen-bond acceptors (Lipinski definition) is 4. The minimum atomic E-state index is -0.190. The molecule has 4 aromatic heterocycles. The second kappa shape index (κ2) is 15.1. The molecule has 17 rings (SSSR count). The fourth-order valence-corrected chi connectivity index (χ4v) is 14.2. The Bertz CT molecular complexity index is 4690. The van der Waals surface area contributed by atoms with Gasteiger partial charge < -0.3 is 23.0 Å². The SMILES string of the molecule is CC1(C)c2ccccc2-c2ccc(N(c3ccccc3)c3cc4c5ccccc5oc4c4c3c3cccc5c6c(N(c7ccccc7)c7ccc8c(c7)C(C)(C)c7ccccc7-8)cc7c8ccccc8oc7c6n4c35)cc21. The van der Waals surface area contributed by atoms with Crippen molar-refractivity contribution in [2.24, 2.45) is 0 Å². The Balaban J connectivity index is 1.03. The van der Waals surface area contributed by atoms with E-state index < -0.39 is 0 Å². The van der Waals surface area contributed by atoms with Crippen molar-refractivity contribution >= 4 is 116 Å². The van der Waals surface area contributed by atoms with Crippen molar-refractivity contribution in [1.82, 2.24) is 4.40 Å². The van der Waals surface area contributed by atoms with Gasteiger partial charge in [0.25, 0.3) is 0 Å². The largest absolute Gasteiger partial charge is 0.454 e. The summed E-state index contributed by atoms with van der Waals surface area (Å²) < 4.78 is 17.0. The van der Waals surface area contributed by atoms with Gasteiger partial charge in [0.05, 0.1) is 16.9 Å². The van der Waals surface area contributed by atoms with Crippen molar-refractivity contribution in [3.05, 3.63) is 247 Å². The minimum Gasteiger partial charge on any atom is -0.454 e. The third kappa shape index (κ3) is 5.57. The van der Waals surface area contributed by atoms with Gasteiger partial charge in [-0.1, -0.05) is 179 Å². The molecular weight excluding hydrogens is 939 g/mol. The molecule has 0 amide bonds. The van der Waals surface area contributed by atoms with E-state index in [2.05, 4.69) is 266 Å². The molecule has 5 nitrogen and oxygen atoms in total. The Morgan fingerprint density at radius 2 is 0.701 bits per heavy atom. The summed E-state index contributed by atoms with van der Waals surface area (Å²) in [7, 11) is 0. The number of aromatic nitrogens is 1. The van der Waals surface area contributed by atoms with Crippen LogP contribution in [0.1, 0.15) is 49.9 Å². The van der Waals surface area contributed by atoms with E-state index in [0.29, 0.717) is 0 Å². The van der Waals surface area contributed by atoms with Crippen LogP contribution in [0.25, 0.3) is 104 Å². The maximum absolute atomic E-state index is 7.24. The Morgan fingerprint density at radius 3 is 1.17 bits per heavy atom. The molecule has 0 unspecified atom stereocenters. The molecule has 0 radical (unpaired) electrons. The summed E-state index contributed by atoms with van der Waals surface area (Å²) >= 11 is 0. The molecule has 0 fully saturated rings. The summed E-state index contributed by atoms with van der Waals surface area (Å²) in [5.41, 5.74) is 23.2. The van der Waals surface area contributed by atoms with Gasteiger partial charge in [0.15, 0.2) is 11.2 Å². The second-order valence-corrected chi connectivity index (χ2v) is 22.4. The van der Waals surface area contributed by atoms with Gasteiger partial charge in [0.1, 0.15) is 22.2 Å². The molecule has 0 N–H and O–H groups in total. The maximum Gasteiger partial charge on any atom is 0.160 e. The van der Waals surface area contributed by atoms with Crippen LogP contribution in [0.15, 0.2) is 233 Å². The highest BCUT2D eigenvalue weighted by molar-refractivity contribution is 6.36. The Kier molecular flexibility index (Phi) is 8.36. The first-order valence-corrected chi connectivity index (χ1v) is 26.8. The van der Waals surface area contributed by atoms with E-state index in [-0.39, 0.29) is 10.8 Å². The average molecular weight is 988 g/mol. The van der Waals surface area contributed by atoms with E-state index in [0.717, 1.165) is 116 Å². The number of nitrogens with zero attached hydrogens (tertiary/aromatic N) is 3. The first-order chi connectivity index (χ1) is 37.7. The Labute approximate surface area is 444 Å². The smallest absolute Gasteiger partial charge is 0.160 e. The second-order valence-electron chi connectivity index (χ2n) is 22.4. The van der Waals surface area contributed by atoms with Gasteiger partial charge in [-0.15, -0.1) is 0 Å². The van der Waals surface area contributed by atoms with Gasteiger partial charge in [-0.05, 0) is 117 Å². The molecular formula is C72H49N3O2. The lowest BCUT2D eigenvalue weighted by atomic mass is 9.82. The van der Waals surface area contributed by atoms with Crippen molar-refractivity contribution in [2.75, 3.05) is 9.80 Å². The molecule has 11 aromatic carbocycles. The van der Waals surface area contributed by atoms with Crippen molar-refractivity contribution < 1.29 is 8.83 Å². The van der Waals surface area contributed by atoms with Crippen molar-refractivity contribution in [3.8, 4) is 22.3 Å². The van der Waals surface area contributed by atoms with Crippen LogP contribution in [0.5, 0.6) is 0 Å². The fraction of sp³-hybridized carbons (Fsp3) is 0.0833. The number of furan rings is 2. The Hall–Kier alpha value is -9.58. The summed E-state index contributed by atoms with van der Waals surface area (Å²) in [5.74, 6) is 0. The van der Waals surface area contributed by atoms with E-state index in [4.69, 9.17) is 8.83 Å². The highest BCUT2D eigenvalue weighted by atomic mass is 16.3. The fourth-order valence-electron chi connectivity index (χ4n) is 14.2. The zero-order chi connectivity index (χ0) is 51.1. The first-order valence-electron chi connectivity index (χ1n) is 26.8. The lowest BCUT2D eigenvalue weighted by molar-refractivity contribution is 0.660. The molecule has 364 valence electrons. The molecule has 0 saturated carbocycles. The number of rotatable bonds is 6. The van der Waals surface area contributed by atoms with Gasteiger partial charge in [-0.3, -0.25) is 0 Å². The number of para-hydroxylation sites is 5. The van der Waals surface area contributed by atoms with Crippen LogP contribution >= 0.6 is 0 Å². The summed E-state index contributed by atoms with van der Waals surface area (Å²) in [6, 6.07) is 82.5. The van der Waals surface area contributed by atoms with Gasteiger partial charge in [0, 0.05) is 76.7 Å². The zero-order valence-corrected chi connectivity index (χ0v) is 43.0. The maximum atomic E-state index is 7.24. The van der Waals surface area contributed by atoms with E-state index in [1.807, 2.05) is 0 Å². The normalized spacial score (nSPS) is 14.2. The van der Waals surface area contributed by atoms with Crippen LogP contribution in [0.3, 0.4) is 0 Å².